The van der Waals surface area contributed by atoms with Crippen molar-refractivity contribution in [3.8, 4) is 5.75 Å². The van der Waals surface area contributed by atoms with Gasteiger partial charge >= 0.3 is 0 Å². The van der Waals surface area contributed by atoms with E-state index in [0.717, 1.165) is 6.42 Å². The van der Waals surface area contributed by atoms with E-state index in [1.165, 1.54) is 24.3 Å². The Morgan fingerprint density at radius 2 is 1.72 bits per heavy atom. The molecule has 0 saturated heterocycles. The molecule has 1 unspecified atom stereocenters. The van der Waals surface area contributed by atoms with Gasteiger partial charge in [0.15, 0.2) is 6.61 Å². The SMILES string of the molecule is CCC(C)NC(=O)COc1ccc(S(=O)(=O)Nc2ccccc2)cc1. The average molecular weight is 362 g/mol. The van der Waals surface area contributed by atoms with E-state index in [1.54, 1.807) is 30.3 Å². The molecule has 1 atom stereocenters. The van der Waals surface area contributed by atoms with E-state index >= 15 is 0 Å². The first-order chi connectivity index (χ1) is 11.9. The lowest BCUT2D eigenvalue weighted by atomic mass is 10.2. The van der Waals surface area contributed by atoms with E-state index < -0.39 is 10.0 Å². The van der Waals surface area contributed by atoms with Crippen molar-refractivity contribution in [2.24, 2.45) is 0 Å². The van der Waals surface area contributed by atoms with E-state index in [1.807, 2.05) is 13.8 Å². The minimum Gasteiger partial charge on any atom is -0.484 e. The summed E-state index contributed by atoms with van der Waals surface area (Å²) in [5.41, 5.74) is 0.490. The third kappa shape index (κ3) is 5.79. The highest BCUT2D eigenvalue weighted by molar-refractivity contribution is 7.92. The van der Waals surface area contributed by atoms with Gasteiger partial charge in [-0.25, -0.2) is 8.42 Å². The number of carbonyl (C=O) groups excluding carboxylic acids is 1. The molecule has 2 aromatic carbocycles. The van der Waals surface area contributed by atoms with Gasteiger partial charge in [0.1, 0.15) is 5.75 Å². The Morgan fingerprint density at radius 3 is 2.32 bits per heavy atom. The molecule has 0 aromatic heterocycles. The van der Waals surface area contributed by atoms with Crippen molar-refractivity contribution in [3.63, 3.8) is 0 Å². The maximum absolute atomic E-state index is 12.3. The lowest BCUT2D eigenvalue weighted by Gasteiger charge is -2.12. The Kier molecular flexibility index (Phi) is 6.41. The van der Waals surface area contributed by atoms with Crippen LogP contribution in [0, 0.1) is 0 Å². The van der Waals surface area contributed by atoms with E-state index in [4.69, 9.17) is 4.74 Å². The zero-order valence-electron chi connectivity index (χ0n) is 14.2. The van der Waals surface area contributed by atoms with Crippen molar-refractivity contribution in [1.29, 1.82) is 0 Å². The fourth-order valence-electron chi connectivity index (χ4n) is 2.00. The van der Waals surface area contributed by atoms with Gasteiger partial charge in [0.25, 0.3) is 15.9 Å². The maximum atomic E-state index is 12.3. The van der Waals surface area contributed by atoms with Crippen LogP contribution < -0.4 is 14.8 Å². The number of ether oxygens (including phenoxy) is 1. The molecule has 6 nitrogen and oxygen atoms in total. The topological polar surface area (TPSA) is 84.5 Å². The lowest BCUT2D eigenvalue weighted by molar-refractivity contribution is -0.123. The van der Waals surface area contributed by atoms with E-state index in [0.29, 0.717) is 11.4 Å². The predicted molar refractivity (Wildman–Crippen MR) is 97.1 cm³/mol. The largest absolute Gasteiger partial charge is 0.484 e. The summed E-state index contributed by atoms with van der Waals surface area (Å²) >= 11 is 0. The third-order valence-corrected chi connectivity index (χ3v) is 4.95. The number of para-hydroxylation sites is 1. The molecule has 0 aliphatic carbocycles. The van der Waals surface area contributed by atoms with Crippen LogP contribution in [0.25, 0.3) is 0 Å². The summed E-state index contributed by atoms with van der Waals surface area (Å²) in [7, 11) is -3.67. The van der Waals surface area contributed by atoms with Gasteiger partial charge < -0.3 is 10.1 Å². The minimum absolute atomic E-state index is 0.0904. The first-order valence-corrected chi connectivity index (χ1v) is 9.49. The quantitative estimate of drug-likeness (QED) is 0.756. The highest BCUT2D eigenvalue weighted by Crippen LogP contribution is 2.19. The number of hydrogen-bond donors (Lipinski definition) is 2. The number of hydrogen-bond acceptors (Lipinski definition) is 4. The van der Waals surface area contributed by atoms with Gasteiger partial charge in [-0.2, -0.15) is 0 Å². The smallest absolute Gasteiger partial charge is 0.261 e. The van der Waals surface area contributed by atoms with Crippen LogP contribution in [0.2, 0.25) is 0 Å². The van der Waals surface area contributed by atoms with Gasteiger partial charge in [0.05, 0.1) is 4.90 Å². The second-order valence-electron chi connectivity index (χ2n) is 5.61. The summed E-state index contributed by atoms with van der Waals surface area (Å²) in [4.78, 5) is 11.8. The average Bonchev–Trinajstić information content (AvgIpc) is 2.60. The van der Waals surface area contributed by atoms with Gasteiger partial charge in [0, 0.05) is 11.7 Å². The van der Waals surface area contributed by atoms with E-state index in [-0.39, 0.29) is 23.5 Å². The monoisotopic (exact) mass is 362 g/mol. The lowest BCUT2D eigenvalue weighted by Crippen LogP contribution is -2.35. The normalized spacial score (nSPS) is 12.2. The molecule has 1 amide bonds. The fourth-order valence-corrected chi connectivity index (χ4v) is 3.06. The molecular weight excluding hydrogens is 340 g/mol. The summed E-state index contributed by atoms with van der Waals surface area (Å²) < 4.78 is 32.5. The first-order valence-electron chi connectivity index (χ1n) is 8.01. The maximum Gasteiger partial charge on any atom is 0.261 e. The molecule has 25 heavy (non-hydrogen) atoms. The van der Waals surface area contributed by atoms with E-state index in [9.17, 15) is 13.2 Å². The first kappa shape index (κ1) is 18.8. The van der Waals surface area contributed by atoms with Crippen molar-refractivity contribution >= 4 is 21.6 Å². The molecule has 2 aromatic rings. The number of amides is 1. The van der Waals surface area contributed by atoms with Crippen molar-refractivity contribution in [2.75, 3.05) is 11.3 Å². The standard InChI is InChI=1S/C18H22N2O4S/c1-3-14(2)19-18(21)13-24-16-9-11-17(12-10-16)25(22,23)20-15-7-5-4-6-8-15/h4-12,14,20H,3,13H2,1-2H3,(H,19,21). The highest BCUT2D eigenvalue weighted by Gasteiger charge is 2.14. The van der Waals surface area contributed by atoms with Crippen LogP contribution in [-0.2, 0) is 14.8 Å². The van der Waals surface area contributed by atoms with Crippen LogP contribution >= 0.6 is 0 Å². The van der Waals surface area contributed by atoms with Crippen LogP contribution in [0.1, 0.15) is 20.3 Å². The zero-order chi connectivity index (χ0) is 18.3. The molecule has 0 fully saturated rings. The Morgan fingerprint density at radius 1 is 1.08 bits per heavy atom. The number of anilines is 1. The van der Waals surface area contributed by atoms with Gasteiger partial charge in [-0.05, 0) is 49.7 Å². The van der Waals surface area contributed by atoms with Crippen LogP contribution in [0.4, 0.5) is 5.69 Å². The molecule has 0 heterocycles. The minimum atomic E-state index is -3.67. The van der Waals surface area contributed by atoms with Crippen LogP contribution in [0.5, 0.6) is 5.75 Å². The van der Waals surface area contributed by atoms with Crippen molar-refractivity contribution in [3.05, 3.63) is 54.6 Å². The van der Waals surface area contributed by atoms with Gasteiger partial charge in [-0.1, -0.05) is 25.1 Å². The van der Waals surface area contributed by atoms with Crippen LogP contribution in [0.3, 0.4) is 0 Å². The number of rotatable bonds is 8. The second-order valence-corrected chi connectivity index (χ2v) is 7.29. The Labute approximate surface area is 148 Å². The summed E-state index contributed by atoms with van der Waals surface area (Å²) in [5.74, 6) is 0.217. The van der Waals surface area contributed by atoms with Gasteiger partial charge in [-0.3, -0.25) is 9.52 Å². The predicted octanol–water partition coefficient (Wildman–Crippen LogP) is 2.78. The van der Waals surface area contributed by atoms with Crippen molar-refractivity contribution < 1.29 is 17.9 Å². The van der Waals surface area contributed by atoms with Crippen LogP contribution in [0.15, 0.2) is 59.5 Å². The molecule has 0 bridgehead atoms. The Bertz CT molecular complexity index is 790. The van der Waals surface area contributed by atoms with E-state index in [2.05, 4.69) is 10.0 Å². The number of benzene rings is 2. The Balaban J connectivity index is 1.96. The molecule has 0 radical (unpaired) electrons. The summed E-state index contributed by atoms with van der Waals surface area (Å²) in [6.07, 6.45) is 0.840. The highest BCUT2D eigenvalue weighted by atomic mass is 32.2. The molecule has 0 spiro atoms. The molecule has 2 N–H and O–H groups in total. The third-order valence-electron chi connectivity index (χ3n) is 3.55. The molecular formula is C18H22N2O4S. The van der Waals surface area contributed by atoms with Crippen LogP contribution in [-0.4, -0.2) is 27.0 Å². The number of nitrogens with one attached hydrogen (secondary N) is 2. The molecule has 0 aliphatic rings. The second kappa shape index (κ2) is 8.53. The summed E-state index contributed by atoms with van der Waals surface area (Å²) in [5, 5.41) is 2.79. The van der Waals surface area contributed by atoms with Gasteiger partial charge in [0.2, 0.25) is 0 Å². The zero-order valence-corrected chi connectivity index (χ0v) is 15.0. The molecule has 7 heteroatoms. The van der Waals surface area contributed by atoms with Crippen molar-refractivity contribution in [1.82, 2.24) is 5.32 Å². The van der Waals surface area contributed by atoms with Gasteiger partial charge in [-0.15, -0.1) is 0 Å². The van der Waals surface area contributed by atoms with Crippen molar-refractivity contribution in [2.45, 2.75) is 31.2 Å². The molecule has 2 rings (SSSR count). The molecule has 0 saturated carbocycles. The fraction of sp³-hybridized carbons (Fsp3) is 0.278. The molecule has 0 aliphatic heterocycles. The summed E-state index contributed by atoms with van der Waals surface area (Å²) in [6, 6.07) is 14.7. The summed E-state index contributed by atoms with van der Waals surface area (Å²) in [6.45, 7) is 3.78. The molecule has 134 valence electrons. The Hall–Kier alpha value is -2.54. The number of carbonyl (C=O) groups is 1. The number of sulfonamides is 1.